The molecule has 4 nitrogen and oxygen atoms in total. The van der Waals surface area contributed by atoms with Crippen molar-refractivity contribution in [3.8, 4) is 5.75 Å². The van der Waals surface area contributed by atoms with Gasteiger partial charge in [0.25, 0.3) is 5.91 Å². The summed E-state index contributed by atoms with van der Waals surface area (Å²) in [7, 11) is 0. The van der Waals surface area contributed by atoms with Crippen LogP contribution in [0.3, 0.4) is 0 Å². The van der Waals surface area contributed by atoms with Gasteiger partial charge in [-0.05, 0) is 49.6 Å². The van der Waals surface area contributed by atoms with Crippen LogP contribution in [-0.2, 0) is 4.79 Å². The second kappa shape index (κ2) is 7.58. The molecule has 120 valence electrons. The normalized spacial score (nSPS) is 11.6. The molecule has 0 aliphatic heterocycles. The fourth-order valence-electron chi connectivity index (χ4n) is 2.23. The minimum atomic E-state index is -0.202. The first kappa shape index (κ1) is 16.7. The molecule has 1 N–H and O–H groups in total. The number of amides is 1. The average molecular weight is 311 g/mol. The highest BCUT2D eigenvalue weighted by molar-refractivity contribution is 5.78. The van der Waals surface area contributed by atoms with E-state index < -0.39 is 0 Å². The van der Waals surface area contributed by atoms with Crippen molar-refractivity contribution in [2.75, 3.05) is 6.61 Å². The number of hydrogen-bond donors (Lipinski definition) is 1. The Balaban J connectivity index is 1.90. The molecule has 0 bridgehead atoms. The van der Waals surface area contributed by atoms with Crippen LogP contribution in [0.2, 0.25) is 0 Å². The Morgan fingerprint density at radius 3 is 2.65 bits per heavy atom. The molecule has 0 aliphatic rings. The molecule has 2 aromatic carbocycles. The van der Waals surface area contributed by atoms with Crippen molar-refractivity contribution in [2.24, 2.45) is 0 Å². The lowest BCUT2D eigenvalue weighted by Crippen LogP contribution is -2.31. The first-order valence-corrected chi connectivity index (χ1v) is 7.54. The summed E-state index contributed by atoms with van der Waals surface area (Å²) >= 11 is 0. The van der Waals surface area contributed by atoms with E-state index in [1.54, 1.807) is 24.3 Å². The van der Waals surface area contributed by atoms with Crippen molar-refractivity contribution in [1.82, 2.24) is 5.32 Å². The van der Waals surface area contributed by atoms with E-state index in [0.717, 1.165) is 11.8 Å². The summed E-state index contributed by atoms with van der Waals surface area (Å²) in [6.45, 7) is 5.96. The Kier molecular flexibility index (Phi) is 5.52. The number of hydrogen-bond acceptors (Lipinski definition) is 3. The van der Waals surface area contributed by atoms with Crippen molar-refractivity contribution in [3.05, 3.63) is 64.7 Å². The number of carbonyl (C=O) groups is 2. The molecule has 2 aromatic rings. The molecule has 2 rings (SSSR count). The number of carbonyl (C=O) groups excluding carboxylic acids is 2. The van der Waals surface area contributed by atoms with E-state index in [0.29, 0.717) is 11.3 Å². The first-order chi connectivity index (χ1) is 11.0. The summed E-state index contributed by atoms with van der Waals surface area (Å²) in [4.78, 5) is 22.7. The fourth-order valence-corrected chi connectivity index (χ4v) is 2.23. The van der Waals surface area contributed by atoms with Gasteiger partial charge in [0.1, 0.15) is 12.0 Å². The van der Waals surface area contributed by atoms with Crippen molar-refractivity contribution in [1.29, 1.82) is 0 Å². The average Bonchev–Trinajstić information content (AvgIpc) is 2.55. The van der Waals surface area contributed by atoms with E-state index >= 15 is 0 Å². The van der Waals surface area contributed by atoms with Crippen LogP contribution in [0.25, 0.3) is 0 Å². The predicted octanol–water partition coefficient (Wildman–Crippen LogP) is 3.37. The van der Waals surface area contributed by atoms with Gasteiger partial charge in [-0.3, -0.25) is 9.59 Å². The zero-order valence-corrected chi connectivity index (χ0v) is 13.6. The molecule has 0 saturated carbocycles. The largest absolute Gasteiger partial charge is 0.484 e. The van der Waals surface area contributed by atoms with Crippen LogP contribution < -0.4 is 10.1 Å². The van der Waals surface area contributed by atoms with Crippen LogP contribution in [0.4, 0.5) is 0 Å². The lowest BCUT2D eigenvalue weighted by Gasteiger charge is -2.16. The zero-order valence-electron chi connectivity index (χ0n) is 13.6. The second-order valence-corrected chi connectivity index (χ2v) is 5.61. The molecule has 1 amide bonds. The smallest absolute Gasteiger partial charge is 0.258 e. The Hall–Kier alpha value is -2.62. The third kappa shape index (κ3) is 4.68. The molecule has 0 aromatic heterocycles. The second-order valence-electron chi connectivity index (χ2n) is 5.61. The van der Waals surface area contributed by atoms with Crippen LogP contribution in [0.1, 0.15) is 40.0 Å². The van der Waals surface area contributed by atoms with Gasteiger partial charge in [0.15, 0.2) is 6.61 Å². The van der Waals surface area contributed by atoms with E-state index in [1.165, 1.54) is 11.1 Å². The SMILES string of the molecule is Cc1ccc(C(C)NC(=O)COc2cccc(C=O)c2)cc1C. The van der Waals surface area contributed by atoms with Gasteiger partial charge in [-0.2, -0.15) is 0 Å². The maximum Gasteiger partial charge on any atom is 0.258 e. The number of nitrogens with one attached hydrogen (secondary N) is 1. The van der Waals surface area contributed by atoms with Gasteiger partial charge in [0, 0.05) is 5.56 Å². The van der Waals surface area contributed by atoms with Crippen LogP contribution >= 0.6 is 0 Å². The first-order valence-electron chi connectivity index (χ1n) is 7.54. The zero-order chi connectivity index (χ0) is 16.8. The summed E-state index contributed by atoms with van der Waals surface area (Å²) in [6.07, 6.45) is 0.745. The maximum atomic E-state index is 12.0. The molecular formula is C19H21NO3. The quantitative estimate of drug-likeness (QED) is 0.832. The van der Waals surface area contributed by atoms with Crippen molar-refractivity contribution in [3.63, 3.8) is 0 Å². The number of ether oxygens (including phenoxy) is 1. The van der Waals surface area contributed by atoms with Gasteiger partial charge >= 0.3 is 0 Å². The predicted molar refractivity (Wildman–Crippen MR) is 89.8 cm³/mol. The standard InChI is InChI=1S/C19H21NO3/c1-13-7-8-17(9-14(13)2)15(3)20-19(22)12-23-18-6-4-5-16(10-18)11-21/h4-11,15H,12H2,1-3H3,(H,20,22). The highest BCUT2D eigenvalue weighted by Crippen LogP contribution is 2.17. The third-order valence-electron chi connectivity index (χ3n) is 3.77. The number of benzene rings is 2. The van der Waals surface area contributed by atoms with Gasteiger partial charge in [0.05, 0.1) is 6.04 Å². The van der Waals surface area contributed by atoms with E-state index in [4.69, 9.17) is 4.74 Å². The molecule has 0 aliphatic carbocycles. The number of aryl methyl sites for hydroxylation is 2. The van der Waals surface area contributed by atoms with Crippen molar-refractivity contribution in [2.45, 2.75) is 26.8 Å². The van der Waals surface area contributed by atoms with E-state index in [2.05, 4.69) is 31.3 Å². The van der Waals surface area contributed by atoms with E-state index in [-0.39, 0.29) is 18.6 Å². The van der Waals surface area contributed by atoms with E-state index in [9.17, 15) is 9.59 Å². The molecule has 1 atom stereocenters. The lowest BCUT2D eigenvalue weighted by molar-refractivity contribution is -0.123. The van der Waals surface area contributed by atoms with Gasteiger partial charge in [-0.1, -0.05) is 30.3 Å². The molecule has 23 heavy (non-hydrogen) atoms. The molecular weight excluding hydrogens is 290 g/mol. The summed E-state index contributed by atoms with van der Waals surface area (Å²) in [5.41, 5.74) is 4.01. The lowest BCUT2D eigenvalue weighted by atomic mass is 10.0. The summed E-state index contributed by atoms with van der Waals surface area (Å²) in [5.74, 6) is 0.302. The monoisotopic (exact) mass is 311 g/mol. The molecule has 0 saturated heterocycles. The topological polar surface area (TPSA) is 55.4 Å². The highest BCUT2D eigenvalue weighted by atomic mass is 16.5. The Morgan fingerprint density at radius 2 is 1.96 bits per heavy atom. The minimum Gasteiger partial charge on any atom is -0.484 e. The van der Waals surface area contributed by atoms with Crippen LogP contribution in [0.15, 0.2) is 42.5 Å². The third-order valence-corrected chi connectivity index (χ3v) is 3.77. The highest BCUT2D eigenvalue weighted by Gasteiger charge is 2.11. The van der Waals surface area contributed by atoms with Gasteiger partial charge in [-0.15, -0.1) is 0 Å². The maximum absolute atomic E-state index is 12.0. The van der Waals surface area contributed by atoms with Crippen LogP contribution in [0.5, 0.6) is 5.75 Å². The summed E-state index contributed by atoms with van der Waals surface area (Å²) in [6, 6.07) is 12.8. The molecule has 0 fully saturated rings. The van der Waals surface area contributed by atoms with Gasteiger partial charge in [-0.25, -0.2) is 0 Å². The van der Waals surface area contributed by atoms with Crippen LogP contribution in [0, 0.1) is 13.8 Å². The Bertz CT molecular complexity index is 710. The van der Waals surface area contributed by atoms with Crippen LogP contribution in [-0.4, -0.2) is 18.8 Å². The fraction of sp³-hybridized carbons (Fsp3) is 0.263. The molecule has 1 unspecified atom stereocenters. The van der Waals surface area contributed by atoms with Crippen molar-refractivity contribution < 1.29 is 14.3 Å². The number of rotatable bonds is 6. The summed E-state index contributed by atoms with van der Waals surface area (Å²) in [5, 5.41) is 2.91. The van der Waals surface area contributed by atoms with Gasteiger partial charge in [0.2, 0.25) is 0 Å². The van der Waals surface area contributed by atoms with E-state index in [1.807, 2.05) is 13.0 Å². The number of aldehydes is 1. The summed E-state index contributed by atoms with van der Waals surface area (Å²) < 4.78 is 5.42. The molecule has 0 radical (unpaired) electrons. The Labute approximate surface area is 136 Å². The van der Waals surface area contributed by atoms with Gasteiger partial charge < -0.3 is 10.1 Å². The molecule has 4 heteroatoms. The van der Waals surface area contributed by atoms with Crippen molar-refractivity contribution >= 4 is 12.2 Å². The molecule has 0 spiro atoms. The Morgan fingerprint density at radius 1 is 1.17 bits per heavy atom. The molecule has 0 heterocycles. The minimum absolute atomic E-state index is 0.0858.